The molecule has 162 valence electrons. The second-order valence-electron chi connectivity index (χ2n) is 8.10. The Hall–Kier alpha value is -2.38. The van der Waals surface area contributed by atoms with Crippen LogP contribution in [0, 0.1) is 11.8 Å². The zero-order valence-electron chi connectivity index (χ0n) is 17.7. The largest absolute Gasteiger partial charge is 0.497 e. The molecule has 0 aliphatic carbocycles. The molecule has 6 nitrogen and oxygen atoms in total. The van der Waals surface area contributed by atoms with Crippen LogP contribution in [-0.2, 0) is 14.8 Å². The van der Waals surface area contributed by atoms with Crippen LogP contribution in [0.2, 0.25) is 0 Å². The number of nitrogens with one attached hydrogen (secondary N) is 1. The number of amides is 1. The van der Waals surface area contributed by atoms with Gasteiger partial charge in [-0.15, -0.1) is 0 Å². The van der Waals surface area contributed by atoms with E-state index in [0.29, 0.717) is 18.2 Å². The number of rotatable bonds is 8. The van der Waals surface area contributed by atoms with Gasteiger partial charge >= 0.3 is 0 Å². The van der Waals surface area contributed by atoms with Crippen LogP contribution in [0.5, 0.6) is 5.75 Å². The monoisotopic (exact) mass is 430 g/mol. The summed E-state index contributed by atoms with van der Waals surface area (Å²) in [6.45, 7) is 5.21. The molecule has 0 saturated carbocycles. The average molecular weight is 431 g/mol. The van der Waals surface area contributed by atoms with Gasteiger partial charge in [0.1, 0.15) is 5.75 Å². The number of carbonyl (C=O) groups excluding carboxylic acids is 1. The van der Waals surface area contributed by atoms with E-state index in [1.807, 2.05) is 24.3 Å². The van der Waals surface area contributed by atoms with E-state index in [1.165, 1.54) is 4.31 Å². The van der Waals surface area contributed by atoms with Gasteiger partial charge in [0.05, 0.1) is 17.9 Å². The fraction of sp³-hybridized carbons (Fsp3) is 0.435. The highest BCUT2D eigenvalue weighted by molar-refractivity contribution is 7.89. The van der Waals surface area contributed by atoms with Gasteiger partial charge in [0.2, 0.25) is 15.9 Å². The van der Waals surface area contributed by atoms with Gasteiger partial charge < -0.3 is 10.1 Å². The summed E-state index contributed by atoms with van der Waals surface area (Å²) in [4.78, 5) is 13.3. The lowest BCUT2D eigenvalue weighted by Gasteiger charge is -2.19. The molecule has 3 rings (SSSR count). The molecule has 2 unspecified atom stereocenters. The molecule has 1 heterocycles. The van der Waals surface area contributed by atoms with Crippen LogP contribution >= 0.6 is 0 Å². The molecule has 0 spiro atoms. The van der Waals surface area contributed by atoms with E-state index in [0.717, 1.165) is 12.0 Å². The number of nitrogens with zero attached hydrogens (tertiary/aromatic N) is 1. The summed E-state index contributed by atoms with van der Waals surface area (Å²) in [5.74, 6) is 0.378. The van der Waals surface area contributed by atoms with Crippen molar-refractivity contribution < 1.29 is 17.9 Å². The van der Waals surface area contributed by atoms with E-state index >= 15 is 0 Å². The van der Waals surface area contributed by atoms with Crippen molar-refractivity contribution >= 4 is 15.9 Å². The lowest BCUT2D eigenvalue weighted by Crippen LogP contribution is -2.36. The van der Waals surface area contributed by atoms with Gasteiger partial charge in [0.15, 0.2) is 0 Å². The Morgan fingerprint density at radius 3 is 2.53 bits per heavy atom. The Kier molecular flexibility index (Phi) is 7.15. The summed E-state index contributed by atoms with van der Waals surface area (Å²) in [6, 6.07) is 15.9. The molecule has 1 aliphatic rings. The van der Waals surface area contributed by atoms with Crippen molar-refractivity contribution in [3.63, 3.8) is 0 Å². The topological polar surface area (TPSA) is 75.7 Å². The molecule has 1 fully saturated rings. The van der Waals surface area contributed by atoms with Gasteiger partial charge in [-0.2, -0.15) is 4.31 Å². The Morgan fingerprint density at radius 2 is 1.87 bits per heavy atom. The normalized spacial score (nSPS) is 19.7. The van der Waals surface area contributed by atoms with Gasteiger partial charge in [0, 0.05) is 25.6 Å². The van der Waals surface area contributed by atoms with Crippen molar-refractivity contribution in [1.29, 1.82) is 0 Å². The molecule has 2 aromatic carbocycles. The zero-order valence-corrected chi connectivity index (χ0v) is 18.6. The first-order chi connectivity index (χ1) is 14.3. The van der Waals surface area contributed by atoms with Crippen LogP contribution in [0.3, 0.4) is 0 Å². The quantitative estimate of drug-likeness (QED) is 0.697. The molecule has 7 heteroatoms. The summed E-state index contributed by atoms with van der Waals surface area (Å²) in [6.07, 6.45) is 0.883. The molecule has 0 bridgehead atoms. The molecule has 1 N–H and O–H groups in total. The Labute approximate surface area is 179 Å². The van der Waals surface area contributed by atoms with E-state index in [-0.39, 0.29) is 29.8 Å². The maximum Gasteiger partial charge on any atom is 0.243 e. The van der Waals surface area contributed by atoms with E-state index in [4.69, 9.17) is 4.74 Å². The highest BCUT2D eigenvalue weighted by atomic mass is 32.2. The minimum absolute atomic E-state index is 0.103. The SMILES string of the molecule is COc1cccc(C2CN(S(=O)(=O)c3ccccc3)CC2C(=O)NCCC(C)C)c1. The van der Waals surface area contributed by atoms with Crippen LogP contribution in [-0.4, -0.2) is 45.4 Å². The zero-order chi connectivity index (χ0) is 21.7. The average Bonchev–Trinajstić information content (AvgIpc) is 3.20. The minimum atomic E-state index is -3.67. The van der Waals surface area contributed by atoms with Crippen LogP contribution in [0.15, 0.2) is 59.5 Å². The first kappa shape index (κ1) is 22.3. The van der Waals surface area contributed by atoms with Gasteiger partial charge in [-0.05, 0) is 42.2 Å². The minimum Gasteiger partial charge on any atom is -0.497 e. The number of benzene rings is 2. The third kappa shape index (κ3) is 5.02. The number of sulfonamides is 1. The standard InChI is InChI=1S/C23H30N2O4S/c1-17(2)12-13-24-23(26)22-16-25(30(27,28)20-10-5-4-6-11-20)15-21(22)18-8-7-9-19(14-18)29-3/h4-11,14,17,21-22H,12-13,15-16H2,1-3H3,(H,24,26). The summed E-state index contributed by atoms with van der Waals surface area (Å²) >= 11 is 0. The second-order valence-corrected chi connectivity index (χ2v) is 10.0. The number of methoxy groups -OCH3 is 1. The molecule has 1 aliphatic heterocycles. The van der Waals surface area contributed by atoms with Crippen molar-refractivity contribution in [2.45, 2.75) is 31.1 Å². The number of ether oxygens (including phenoxy) is 1. The van der Waals surface area contributed by atoms with E-state index in [2.05, 4.69) is 19.2 Å². The predicted molar refractivity (Wildman–Crippen MR) is 117 cm³/mol. The second kappa shape index (κ2) is 9.62. The fourth-order valence-corrected chi connectivity index (χ4v) is 5.31. The van der Waals surface area contributed by atoms with Crippen molar-refractivity contribution in [2.75, 3.05) is 26.7 Å². The molecule has 0 aromatic heterocycles. The number of hydrogen-bond donors (Lipinski definition) is 1. The van der Waals surface area contributed by atoms with Gasteiger partial charge in [0.25, 0.3) is 0 Å². The number of carbonyl (C=O) groups is 1. The van der Waals surface area contributed by atoms with Crippen molar-refractivity contribution in [3.8, 4) is 5.75 Å². The van der Waals surface area contributed by atoms with Crippen molar-refractivity contribution in [1.82, 2.24) is 9.62 Å². The van der Waals surface area contributed by atoms with Crippen LogP contribution in [0.1, 0.15) is 31.7 Å². The summed E-state index contributed by atoms with van der Waals surface area (Å²) < 4.78 is 33.1. The maximum atomic E-state index is 13.2. The van der Waals surface area contributed by atoms with Gasteiger partial charge in [-0.1, -0.05) is 44.2 Å². The lowest BCUT2D eigenvalue weighted by molar-refractivity contribution is -0.124. The molecule has 1 saturated heterocycles. The summed E-state index contributed by atoms with van der Waals surface area (Å²) in [7, 11) is -2.08. The van der Waals surface area contributed by atoms with E-state index in [9.17, 15) is 13.2 Å². The fourth-order valence-electron chi connectivity index (χ4n) is 3.80. The molecule has 0 radical (unpaired) electrons. The summed E-state index contributed by atoms with van der Waals surface area (Å²) in [5, 5.41) is 3.00. The molecule has 30 heavy (non-hydrogen) atoms. The highest BCUT2D eigenvalue weighted by Gasteiger charge is 2.43. The first-order valence-electron chi connectivity index (χ1n) is 10.3. The third-order valence-electron chi connectivity index (χ3n) is 5.55. The smallest absolute Gasteiger partial charge is 0.243 e. The predicted octanol–water partition coefficient (Wildman–Crippen LogP) is 3.26. The van der Waals surface area contributed by atoms with Gasteiger partial charge in [-0.25, -0.2) is 8.42 Å². The lowest BCUT2D eigenvalue weighted by atomic mass is 9.88. The van der Waals surface area contributed by atoms with Crippen LogP contribution in [0.25, 0.3) is 0 Å². The van der Waals surface area contributed by atoms with Crippen molar-refractivity contribution in [2.24, 2.45) is 11.8 Å². The Bertz CT molecular complexity index is 960. The molecular formula is C23H30N2O4S. The molecule has 1 amide bonds. The summed E-state index contributed by atoms with van der Waals surface area (Å²) in [5.41, 5.74) is 0.907. The maximum absolute atomic E-state index is 13.2. The molecule has 2 atom stereocenters. The van der Waals surface area contributed by atoms with E-state index in [1.54, 1.807) is 37.4 Å². The molecule has 2 aromatic rings. The van der Waals surface area contributed by atoms with Crippen LogP contribution < -0.4 is 10.1 Å². The first-order valence-corrected chi connectivity index (χ1v) is 11.7. The Morgan fingerprint density at radius 1 is 1.13 bits per heavy atom. The highest BCUT2D eigenvalue weighted by Crippen LogP contribution is 2.37. The Balaban J connectivity index is 1.88. The van der Waals surface area contributed by atoms with E-state index < -0.39 is 15.9 Å². The number of hydrogen-bond acceptors (Lipinski definition) is 4. The third-order valence-corrected chi connectivity index (χ3v) is 7.39. The molecular weight excluding hydrogens is 400 g/mol. The van der Waals surface area contributed by atoms with Crippen molar-refractivity contribution in [3.05, 3.63) is 60.2 Å². The van der Waals surface area contributed by atoms with Gasteiger partial charge in [-0.3, -0.25) is 4.79 Å². The van der Waals surface area contributed by atoms with Crippen LogP contribution in [0.4, 0.5) is 0 Å².